The number of aryl methyl sites for hydroxylation is 1. The molecule has 2 aromatic heterocycles. The summed E-state index contributed by atoms with van der Waals surface area (Å²) in [7, 11) is 0. The average molecular weight is 196 g/mol. The molecule has 4 heteroatoms. The highest BCUT2D eigenvalue weighted by molar-refractivity contribution is 7.99. The van der Waals surface area contributed by atoms with Gasteiger partial charge in [-0.15, -0.1) is 28.2 Å². The summed E-state index contributed by atoms with van der Waals surface area (Å²) >= 11 is 3.46. The summed E-state index contributed by atoms with van der Waals surface area (Å²) < 4.78 is 1.26. The van der Waals surface area contributed by atoms with Crippen LogP contribution < -0.4 is 0 Å². The Morgan fingerprint density at radius 2 is 2.33 bits per heavy atom. The van der Waals surface area contributed by atoms with Crippen LogP contribution in [0.3, 0.4) is 0 Å². The number of aromatic nitrogens is 2. The molecule has 12 heavy (non-hydrogen) atoms. The first-order chi connectivity index (χ1) is 5.83. The van der Waals surface area contributed by atoms with E-state index in [1.54, 1.807) is 23.1 Å². The summed E-state index contributed by atoms with van der Waals surface area (Å²) in [6, 6.07) is 0. The zero-order chi connectivity index (χ0) is 8.55. The van der Waals surface area contributed by atoms with E-state index in [4.69, 9.17) is 0 Å². The first kappa shape index (κ1) is 8.01. The number of thiophene rings is 1. The maximum atomic E-state index is 4.10. The maximum Gasteiger partial charge on any atom is 0.108 e. The summed E-state index contributed by atoms with van der Waals surface area (Å²) in [4.78, 5) is 1.22. The summed E-state index contributed by atoms with van der Waals surface area (Å²) in [6.07, 6.45) is 3.88. The molecule has 2 heterocycles. The van der Waals surface area contributed by atoms with Gasteiger partial charge >= 0.3 is 0 Å². The van der Waals surface area contributed by atoms with Gasteiger partial charge in [0, 0.05) is 4.90 Å². The molecule has 0 aliphatic rings. The fourth-order valence-corrected chi connectivity index (χ4v) is 2.80. The van der Waals surface area contributed by atoms with Crippen molar-refractivity contribution in [1.82, 2.24) is 10.2 Å². The second-order valence-corrected chi connectivity index (χ2v) is 4.24. The number of hydrogen-bond donors (Lipinski definition) is 0. The third-order valence-corrected chi connectivity index (χ3v) is 3.72. The predicted octanol–water partition coefficient (Wildman–Crippen LogP) is 2.72. The zero-order valence-electron chi connectivity index (χ0n) is 6.87. The van der Waals surface area contributed by atoms with Crippen molar-refractivity contribution in [2.24, 2.45) is 0 Å². The monoisotopic (exact) mass is 196 g/mol. The molecule has 0 fully saturated rings. The summed E-state index contributed by atoms with van der Waals surface area (Å²) in [5.41, 5.74) is 2.27. The molecule has 0 bridgehead atoms. The van der Waals surface area contributed by atoms with Gasteiger partial charge in [-0.25, -0.2) is 0 Å². The van der Waals surface area contributed by atoms with E-state index >= 15 is 0 Å². The predicted molar refractivity (Wildman–Crippen MR) is 53.9 cm³/mol. The van der Waals surface area contributed by atoms with Crippen LogP contribution in [0.1, 0.15) is 5.56 Å². The van der Waals surface area contributed by atoms with Gasteiger partial charge in [0.05, 0.1) is 10.9 Å². The van der Waals surface area contributed by atoms with Gasteiger partial charge in [-0.2, -0.15) is 5.10 Å². The van der Waals surface area contributed by atoms with Gasteiger partial charge < -0.3 is 0 Å². The molecule has 62 valence electrons. The Bertz CT molecular complexity index is 408. The van der Waals surface area contributed by atoms with Gasteiger partial charge in [0.25, 0.3) is 0 Å². The van der Waals surface area contributed by atoms with E-state index in [1.165, 1.54) is 15.2 Å². The molecule has 0 radical (unpaired) electrons. The summed E-state index contributed by atoms with van der Waals surface area (Å²) in [5.74, 6) is 0. The van der Waals surface area contributed by atoms with Crippen LogP contribution in [0.5, 0.6) is 0 Å². The van der Waals surface area contributed by atoms with Crippen molar-refractivity contribution >= 4 is 33.3 Å². The lowest BCUT2D eigenvalue weighted by Gasteiger charge is -1.95. The molecule has 0 N–H and O–H groups in total. The Balaban J connectivity index is 2.81. The van der Waals surface area contributed by atoms with Crippen molar-refractivity contribution < 1.29 is 0 Å². The molecule has 2 aromatic rings. The standard InChI is InChI=1S/C8H8N2S2/c1-5-4-12-8-6(11-2)3-9-10-7(5)8/h3-4H,1-2H3. The van der Waals surface area contributed by atoms with Gasteiger partial charge in [-0.1, -0.05) is 0 Å². The molecule has 0 atom stereocenters. The fourth-order valence-electron chi connectivity index (χ4n) is 1.08. The lowest BCUT2D eigenvalue weighted by molar-refractivity contribution is 1.05. The van der Waals surface area contributed by atoms with E-state index in [1.807, 2.05) is 6.20 Å². The number of rotatable bonds is 1. The molecule has 0 aromatic carbocycles. The van der Waals surface area contributed by atoms with Crippen molar-refractivity contribution in [2.45, 2.75) is 11.8 Å². The Labute approximate surface area is 79.0 Å². The van der Waals surface area contributed by atoms with E-state index in [2.05, 4.69) is 28.8 Å². The van der Waals surface area contributed by atoms with Crippen molar-refractivity contribution in [3.63, 3.8) is 0 Å². The van der Waals surface area contributed by atoms with Crippen LogP contribution in [0, 0.1) is 6.92 Å². The second kappa shape index (κ2) is 3.03. The highest BCUT2D eigenvalue weighted by Crippen LogP contribution is 2.30. The quantitative estimate of drug-likeness (QED) is 0.656. The molecule has 0 unspecified atom stereocenters. The van der Waals surface area contributed by atoms with Crippen molar-refractivity contribution in [3.05, 3.63) is 17.1 Å². The SMILES string of the molecule is CSc1cnnc2c(C)csc12. The molecule has 0 aliphatic heterocycles. The molecule has 0 aliphatic carbocycles. The smallest absolute Gasteiger partial charge is 0.108 e. The number of fused-ring (bicyclic) bond motifs is 1. The van der Waals surface area contributed by atoms with Crippen LogP contribution >= 0.6 is 23.1 Å². The Morgan fingerprint density at radius 1 is 1.50 bits per heavy atom. The third kappa shape index (κ3) is 1.11. The van der Waals surface area contributed by atoms with Gasteiger partial charge in [0.1, 0.15) is 5.52 Å². The minimum Gasteiger partial charge on any atom is -0.157 e. The Morgan fingerprint density at radius 3 is 3.08 bits per heavy atom. The van der Waals surface area contributed by atoms with Crippen LogP contribution in [0.15, 0.2) is 16.5 Å². The van der Waals surface area contributed by atoms with Crippen LogP contribution in [-0.4, -0.2) is 16.5 Å². The molecule has 2 rings (SSSR count). The fraction of sp³-hybridized carbons (Fsp3) is 0.250. The minimum atomic E-state index is 1.05. The maximum absolute atomic E-state index is 4.10. The molecule has 0 amide bonds. The lowest BCUT2D eigenvalue weighted by Crippen LogP contribution is -1.82. The summed E-state index contributed by atoms with van der Waals surface area (Å²) in [6.45, 7) is 2.07. The minimum absolute atomic E-state index is 1.05. The van der Waals surface area contributed by atoms with Gasteiger partial charge in [0.2, 0.25) is 0 Å². The number of nitrogens with zero attached hydrogens (tertiary/aromatic N) is 2. The van der Waals surface area contributed by atoms with Gasteiger partial charge in [-0.05, 0) is 24.1 Å². The summed E-state index contributed by atoms with van der Waals surface area (Å²) in [5, 5.41) is 10.2. The number of hydrogen-bond acceptors (Lipinski definition) is 4. The number of thioether (sulfide) groups is 1. The highest BCUT2D eigenvalue weighted by atomic mass is 32.2. The van der Waals surface area contributed by atoms with Gasteiger partial charge in [-0.3, -0.25) is 0 Å². The molecule has 0 saturated heterocycles. The highest BCUT2D eigenvalue weighted by Gasteiger charge is 2.05. The Hall–Kier alpha value is -0.610. The topological polar surface area (TPSA) is 25.8 Å². The van der Waals surface area contributed by atoms with E-state index in [0.717, 1.165) is 5.52 Å². The van der Waals surface area contributed by atoms with Crippen molar-refractivity contribution in [1.29, 1.82) is 0 Å². The van der Waals surface area contributed by atoms with Crippen LogP contribution in [-0.2, 0) is 0 Å². The first-order valence-corrected chi connectivity index (χ1v) is 5.67. The average Bonchev–Trinajstić information content (AvgIpc) is 2.48. The molecular weight excluding hydrogens is 188 g/mol. The zero-order valence-corrected chi connectivity index (χ0v) is 8.50. The molecule has 0 saturated carbocycles. The van der Waals surface area contributed by atoms with Crippen LogP contribution in [0.2, 0.25) is 0 Å². The van der Waals surface area contributed by atoms with E-state index in [9.17, 15) is 0 Å². The third-order valence-electron chi connectivity index (χ3n) is 1.72. The largest absolute Gasteiger partial charge is 0.157 e. The molecule has 0 spiro atoms. The van der Waals surface area contributed by atoms with Gasteiger partial charge in [0.15, 0.2) is 0 Å². The van der Waals surface area contributed by atoms with E-state index < -0.39 is 0 Å². The molecule has 2 nitrogen and oxygen atoms in total. The second-order valence-electron chi connectivity index (χ2n) is 2.51. The van der Waals surface area contributed by atoms with Crippen LogP contribution in [0.25, 0.3) is 10.2 Å². The molecular formula is C8H8N2S2. The lowest BCUT2D eigenvalue weighted by atomic mass is 10.3. The normalized spacial score (nSPS) is 10.8. The van der Waals surface area contributed by atoms with Crippen molar-refractivity contribution in [2.75, 3.05) is 6.26 Å². The van der Waals surface area contributed by atoms with E-state index in [-0.39, 0.29) is 0 Å². The van der Waals surface area contributed by atoms with Crippen molar-refractivity contribution in [3.8, 4) is 0 Å². The Kier molecular flexibility index (Phi) is 2.02. The van der Waals surface area contributed by atoms with E-state index in [0.29, 0.717) is 0 Å². The van der Waals surface area contributed by atoms with Crippen LogP contribution in [0.4, 0.5) is 0 Å². The first-order valence-electron chi connectivity index (χ1n) is 3.56.